The highest BCUT2D eigenvalue weighted by atomic mass is 32.1. The standard InChI is InChI=1S/C11H9N5S/c1-2-4-8(5-3-1)6-12-10-9-11(14-7-13-10)17-16-15-9/h1-5,7H,6H2,(H,12,13,14). The summed E-state index contributed by atoms with van der Waals surface area (Å²) in [6.45, 7) is 0.713. The van der Waals surface area contributed by atoms with Crippen LogP contribution in [0.15, 0.2) is 36.7 Å². The maximum absolute atomic E-state index is 4.18. The Morgan fingerprint density at radius 1 is 1.12 bits per heavy atom. The summed E-state index contributed by atoms with van der Waals surface area (Å²) >= 11 is 1.27. The monoisotopic (exact) mass is 243 g/mol. The van der Waals surface area contributed by atoms with Crippen molar-refractivity contribution in [3.05, 3.63) is 42.2 Å². The summed E-state index contributed by atoms with van der Waals surface area (Å²) in [6, 6.07) is 10.1. The van der Waals surface area contributed by atoms with Crippen LogP contribution in [-0.2, 0) is 6.54 Å². The molecule has 0 bridgehead atoms. The molecule has 0 atom stereocenters. The van der Waals surface area contributed by atoms with Gasteiger partial charge in [-0.1, -0.05) is 34.8 Å². The number of hydrogen-bond acceptors (Lipinski definition) is 6. The van der Waals surface area contributed by atoms with E-state index in [0.717, 1.165) is 16.2 Å². The molecule has 2 aromatic heterocycles. The molecule has 3 rings (SSSR count). The van der Waals surface area contributed by atoms with Gasteiger partial charge < -0.3 is 5.32 Å². The first-order valence-corrected chi connectivity index (χ1v) is 5.92. The summed E-state index contributed by atoms with van der Waals surface area (Å²) in [7, 11) is 0. The number of fused-ring (bicyclic) bond motifs is 1. The largest absolute Gasteiger partial charge is 0.364 e. The highest BCUT2D eigenvalue weighted by molar-refractivity contribution is 7.12. The van der Waals surface area contributed by atoms with Gasteiger partial charge in [-0.3, -0.25) is 0 Å². The number of benzene rings is 1. The highest BCUT2D eigenvalue weighted by Crippen LogP contribution is 2.18. The molecule has 1 N–H and O–H groups in total. The zero-order valence-electron chi connectivity index (χ0n) is 8.87. The molecule has 0 aliphatic heterocycles. The second-order valence-electron chi connectivity index (χ2n) is 3.49. The van der Waals surface area contributed by atoms with E-state index < -0.39 is 0 Å². The van der Waals surface area contributed by atoms with E-state index in [-0.39, 0.29) is 0 Å². The van der Waals surface area contributed by atoms with Crippen molar-refractivity contribution >= 4 is 27.7 Å². The van der Waals surface area contributed by atoms with Gasteiger partial charge in [0.05, 0.1) is 0 Å². The predicted molar refractivity (Wildman–Crippen MR) is 66.8 cm³/mol. The minimum Gasteiger partial charge on any atom is -0.364 e. The smallest absolute Gasteiger partial charge is 0.169 e. The molecule has 17 heavy (non-hydrogen) atoms. The van der Waals surface area contributed by atoms with Gasteiger partial charge in [0.1, 0.15) is 6.33 Å². The Balaban J connectivity index is 1.84. The SMILES string of the molecule is c1ccc(CNc2ncnc3snnc23)cc1. The molecule has 2 heterocycles. The van der Waals surface area contributed by atoms with Crippen LogP contribution in [0.2, 0.25) is 0 Å². The molecule has 0 saturated heterocycles. The number of hydrogen-bond donors (Lipinski definition) is 1. The molecule has 0 spiro atoms. The Kier molecular flexibility index (Phi) is 2.63. The van der Waals surface area contributed by atoms with Gasteiger partial charge in [-0.05, 0) is 5.56 Å². The summed E-state index contributed by atoms with van der Waals surface area (Å²) < 4.78 is 3.87. The van der Waals surface area contributed by atoms with E-state index in [1.807, 2.05) is 18.2 Å². The van der Waals surface area contributed by atoms with Gasteiger partial charge in [0.25, 0.3) is 0 Å². The van der Waals surface area contributed by atoms with Gasteiger partial charge in [0.15, 0.2) is 16.2 Å². The van der Waals surface area contributed by atoms with E-state index >= 15 is 0 Å². The van der Waals surface area contributed by atoms with Crippen LogP contribution in [-0.4, -0.2) is 19.6 Å². The van der Waals surface area contributed by atoms with Gasteiger partial charge >= 0.3 is 0 Å². The van der Waals surface area contributed by atoms with E-state index in [0.29, 0.717) is 6.54 Å². The quantitative estimate of drug-likeness (QED) is 0.763. The topological polar surface area (TPSA) is 63.6 Å². The normalized spacial score (nSPS) is 10.6. The Hall–Kier alpha value is -2.08. The second kappa shape index (κ2) is 4.42. The zero-order valence-corrected chi connectivity index (χ0v) is 9.68. The Bertz CT molecular complexity index is 622. The first-order valence-electron chi connectivity index (χ1n) is 5.14. The summed E-state index contributed by atoms with van der Waals surface area (Å²) in [6.07, 6.45) is 1.52. The van der Waals surface area contributed by atoms with Crippen molar-refractivity contribution in [2.75, 3.05) is 5.32 Å². The third-order valence-corrected chi connectivity index (χ3v) is 2.99. The first kappa shape index (κ1) is 10.1. The maximum Gasteiger partial charge on any atom is 0.169 e. The van der Waals surface area contributed by atoms with Gasteiger partial charge in [-0.2, -0.15) is 0 Å². The lowest BCUT2D eigenvalue weighted by atomic mass is 10.2. The fourth-order valence-electron chi connectivity index (χ4n) is 1.53. The van der Waals surface area contributed by atoms with Crippen molar-refractivity contribution in [3.63, 3.8) is 0 Å². The highest BCUT2D eigenvalue weighted by Gasteiger charge is 2.06. The maximum atomic E-state index is 4.18. The molecule has 3 aromatic rings. The number of aromatic nitrogens is 4. The summed E-state index contributed by atoms with van der Waals surface area (Å²) in [5, 5.41) is 7.26. The van der Waals surface area contributed by atoms with Gasteiger partial charge in [-0.15, -0.1) is 5.10 Å². The van der Waals surface area contributed by atoms with Crippen molar-refractivity contribution in [1.82, 2.24) is 19.6 Å². The number of nitrogens with one attached hydrogen (secondary N) is 1. The average Bonchev–Trinajstić information content (AvgIpc) is 2.86. The van der Waals surface area contributed by atoms with Crippen LogP contribution in [0.25, 0.3) is 10.3 Å². The van der Waals surface area contributed by atoms with Crippen molar-refractivity contribution in [2.45, 2.75) is 6.54 Å². The van der Waals surface area contributed by atoms with Crippen LogP contribution in [0.3, 0.4) is 0 Å². The molecule has 0 fully saturated rings. The number of anilines is 1. The van der Waals surface area contributed by atoms with Crippen LogP contribution >= 0.6 is 11.5 Å². The Morgan fingerprint density at radius 3 is 2.88 bits per heavy atom. The zero-order chi connectivity index (χ0) is 11.5. The van der Waals surface area contributed by atoms with Crippen molar-refractivity contribution in [2.24, 2.45) is 0 Å². The predicted octanol–water partition coefficient (Wildman–Crippen LogP) is 2.09. The lowest BCUT2D eigenvalue weighted by Gasteiger charge is -2.04. The molecule has 6 heteroatoms. The van der Waals surface area contributed by atoms with E-state index in [4.69, 9.17) is 0 Å². The van der Waals surface area contributed by atoms with Gasteiger partial charge in [0.2, 0.25) is 0 Å². The fraction of sp³-hybridized carbons (Fsp3) is 0.0909. The summed E-state index contributed by atoms with van der Waals surface area (Å²) in [5.41, 5.74) is 1.93. The van der Waals surface area contributed by atoms with Crippen LogP contribution in [0, 0.1) is 0 Å². The molecule has 1 aromatic carbocycles. The van der Waals surface area contributed by atoms with Crippen LogP contribution in [0.4, 0.5) is 5.82 Å². The van der Waals surface area contributed by atoms with Crippen molar-refractivity contribution < 1.29 is 0 Å². The molecule has 0 amide bonds. The van der Waals surface area contributed by atoms with Crippen molar-refractivity contribution in [3.8, 4) is 0 Å². The minimum atomic E-state index is 0.713. The Labute approximate surface area is 102 Å². The molecule has 0 aliphatic carbocycles. The molecular formula is C11H9N5S. The van der Waals surface area contributed by atoms with Crippen LogP contribution in [0.1, 0.15) is 5.56 Å². The summed E-state index contributed by atoms with van der Waals surface area (Å²) in [5.74, 6) is 0.729. The Morgan fingerprint density at radius 2 is 2.00 bits per heavy atom. The average molecular weight is 243 g/mol. The van der Waals surface area contributed by atoms with E-state index in [1.165, 1.54) is 23.4 Å². The fourth-order valence-corrected chi connectivity index (χ4v) is 2.05. The number of rotatable bonds is 3. The van der Waals surface area contributed by atoms with Gasteiger partial charge in [-0.25, -0.2) is 9.97 Å². The molecule has 0 saturated carbocycles. The minimum absolute atomic E-state index is 0.713. The molecule has 0 unspecified atom stereocenters. The van der Waals surface area contributed by atoms with Crippen LogP contribution < -0.4 is 5.32 Å². The molecule has 84 valence electrons. The van der Waals surface area contributed by atoms with E-state index in [1.54, 1.807) is 0 Å². The first-order chi connectivity index (χ1) is 8.43. The third-order valence-electron chi connectivity index (χ3n) is 2.36. The van der Waals surface area contributed by atoms with Gasteiger partial charge in [0, 0.05) is 18.1 Å². The molecule has 0 radical (unpaired) electrons. The van der Waals surface area contributed by atoms with E-state index in [9.17, 15) is 0 Å². The molecule has 0 aliphatic rings. The van der Waals surface area contributed by atoms with Crippen molar-refractivity contribution in [1.29, 1.82) is 0 Å². The molecular weight excluding hydrogens is 234 g/mol. The lowest BCUT2D eigenvalue weighted by molar-refractivity contribution is 1.09. The lowest BCUT2D eigenvalue weighted by Crippen LogP contribution is -2.02. The molecule has 5 nitrogen and oxygen atoms in total. The number of nitrogens with zero attached hydrogens (tertiary/aromatic N) is 4. The van der Waals surface area contributed by atoms with Crippen LogP contribution in [0.5, 0.6) is 0 Å². The second-order valence-corrected chi connectivity index (χ2v) is 4.22. The summed E-state index contributed by atoms with van der Waals surface area (Å²) in [4.78, 5) is 9.08. The van der Waals surface area contributed by atoms with E-state index in [2.05, 4.69) is 37.0 Å². The third kappa shape index (κ3) is 2.07.